The highest BCUT2D eigenvalue weighted by Gasteiger charge is 2.27. The maximum atomic E-state index is 13.5. The lowest BCUT2D eigenvalue weighted by molar-refractivity contribution is -0.121. The Bertz CT molecular complexity index is 1340. The highest BCUT2D eigenvalue weighted by atomic mass is 35.5. The molecule has 0 radical (unpaired) electrons. The van der Waals surface area contributed by atoms with Gasteiger partial charge in [0.05, 0.1) is 18.2 Å². The van der Waals surface area contributed by atoms with Crippen molar-refractivity contribution in [1.29, 1.82) is 0 Å². The molecule has 1 aliphatic rings. The Hall–Kier alpha value is -4.29. The van der Waals surface area contributed by atoms with Crippen molar-refractivity contribution in [1.82, 2.24) is 0 Å². The van der Waals surface area contributed by atoms with E-state index >= 15 is 0 Å². The Kier molecular flexibility index (Phi) is 7.38. The number of nitrogens with zero attached hydrogens (tertiary/aromatic N) is 1. The predicted molar refractivity (Wildman–Crippen MR) is 145 cm³/mol. The third-order valence-electron chi connectivity index (χ3n) is 6.09. The SMILES string of the molecule is O=C(Nc1ccc2c(c1)N(CCOc1ccc(Cl)cc1)C(=O)CO2)C(c1ccccc1)c1ccccc1. The van der Waals surface area contributed by atoms with E-state index in [2.05, 4.69) is 5.32 Å². The molecule has 0 fully saturated rings. The lowest BCUT2D eigenvalue weighted by atomic mass is 9.90. The van der Waals surface area contributed by atoms with Crippen LogP contribution in [0, 0.1) is 0 Å². The molecule has 1 N–H and O–H groups in total. The standard InChI is InChI=1S/C30H25ClN2O4/c31-23-11-14-25(15-12-23)36-18-17-33-26-19-24(13-16-27(26)37-20-28(33)34)32-30(35)29(21-7-3-1-4-8-21)22-9-5-2-6-10-22/h1-16,19,29H,17-18,20H2,(H,32,35). The zero-order valence-electron chi connectivity index (χ0n) is 20.0. The van der Waals surface area contributed by atoms with Gasteiger partial charge in [-0.15, -0.1) is 0 Å². The second kappa shape index (κ2) is 11.2. The molecule has 0 aliphatic carbocycles. The van der Waals surface area contributed by atoms with Crippen molar-refractivity contribution in [3.8, 4) is 11.5 Å². The third kappa shape index (κ3) is 5.76. The number of carbonyl (C=O) groups is 2. The number of nitrogens with one attached hydrogen (secondary N) is 1. The maximum absolute atomic E-state index is 13.5. The first kappa shape index (κ1) is 24.4. The molecule has 0 unspecified atom stereocenters. The lowest BCUT2D eigenvalue weighted by Crippen LogP contribution is -2.41. The van der Waals surface area contributed by atoms with E-state index in [1.54, 1.807) is 47.4 Å². The molecule has 186 valence electrons. The molecule has 0 aromatic heterocycles. The number of halogens is 1. The van der Waals surface area contributed by atoms with Crippen LogP contribution in [-0.2, 0) is 9.59 Å². The van der Waals surface area contributed by atoms with Crippen LogP contribution in [0.1, 0.15) is 17.0 Å². The number of hydrogen-bond acceptors (Lipinski definition) is 4. The van der Waals surface area contributed by atoms with Crippen molar-refractivity contribution < 1.29 is 19.1 Å². The van der Waals surface area contributed by atoms with Gasteiger partial charge >= 0.3 is 0 Å². The maximum Gasteiger partial charge on any atom is 0.265 e. The number of ether oxygens (including phenoxy) is 2. The molecule has 2 amide bonds. The highest BCUT2D eigenvalue weighted by Crippen LogP contribution is 2.35. The fourth-order valence-corrected chi connectivity index (χ4v) is 4.44. The van der Waals surface area contributed by atoms with Crippen molar-refractivity contribution in [2.24, 2.45) is 0 Å². The van der Waals surface area contributed by atoms with E-state index in [-0.39, 0.29) is 25.0 Å². The van der Waals surface area contributed by atoms with Crippen LogP contribution < -0.4 is 19.7 Å². The fraction of sp³-hybridized carbons (Fsp3) is 0.133. The molecule has 6 nitrogen and oxygen atoms in total. The van der Waals surface area contributed by atoms with Crippen LogP contribution in [0.5, 0.6) is 11.5 Å². The molecule has 1 aliphatic heterocycles. The first-order valence-electron chi connectivity index (χ1n) is 11.9. The molecule has 5 rings (SSSR count). The van der Waals surface area contributed by atoms with Crippen LogP contribution >= 0.6 is 11.6 Å². The number of anilines is 2. The van der Waals surface area contributed by atoms with Gasteiger partial charge in [-0.1, -0.05) is 72.3 Å². The van der Waals surface area contributed by atoms with Crippen LogP contribution in [0.3, 0.4) is 0 Å². The third-order valence-corrected chi connectivity index (χ3v) is 6.35. The Labute approximate surface area is 220 Å². The summed E-state index contributed by atoms with van der Waals surface area (Å²) >= 11 is 5.93. The Balaban J connectivity index is 1.35. The van der Waals surface area contributed by atoms with Gasteiger partial charge in [0.15, 0.2) is 6.61 Å². The van der Waals surface area contributed by atoms with Gasteiger partial charge in [-0.05, 0) is 53.6 Å². The second-order valence-electron chi connectivity index (χ2n) is 8.56. The van der Waals surface area contributed by atoms with E-state index in [4.69, 9.17) is 21.1 Å². The second-order valence-corrected chi connectivity index (χ2v) is 9.00. The number of amides is 2. The van der Waals surface area contributed by atoms with Gasteiger partial charge in [0, 0.05) is 10.7 Å². The molecule has 0 saturated carbocycles. The number of rotatable bonds is 8. The van der Waals surface area contributed by atoms with E-state index in [9.17, 15) is 9.59 Å². The first-order chi connectivity index (χ1) is 18.1. The van der Waals surface area contributed by atoms with Crippen molar-refractivity contribution in [3.05, 3.63) is 119 Å². The summed E-state index contributed by atoms with van der Waals surface area (Å²) in [5.41, 5.74) is 2.94. The Morgan fingerprint density at radius 3 is 2.22 bits per heavy atom. The minimum atomic E-state index is -0.486. The molecule has 7 heteroatoms. The molecule has 0 bridgehead atoms. The van der Waals surface area contributed by atoms with Crippen LogP contribution in [0.2, 0.25) is 5.02 Å². The average molecular weight is 513 g/mol. The number of benzene rings is 4. The van der Waals surface area contributed by atoms with Gasteiger partial charge in [0.1, 0.15) is 18.1 Å². The molecule has 0 atom stereocenters. The summed E-state index contributed by atoms with van der Waals surface area (Å²) in [5, 5.41) is 3.66. The largest absolute Gasteiger partial charge is 0.492 e. The zero-order chi connectivity index (χ0) is 25.6. The summed E-state index contributed by atoms with van der Waals surface area (Å²) in [6, 6.07) is 31.7. The summed E-state index contributed by atoms with van der Waals surface area (Å²) in [7, 11) is 0. The monoisotopic (exact) mass is 512 g/mol. The molecule has 1 heterocycles. The van der Waals surface area contributed by atoms with E-state index in [1.165, 1.54) is 0 Å². The molecular weight excluding hydrogens is 488 g/mol. The quantitative estimate of drug-likeness (QED) is 0.318. The van der Waals surface area contributed by atoms with E-state index in [1.807, 2.05) is 60.7 Å². The van der Waals surface area contributed by atoms with E-state index in [0.29, 0.717) is 34.4 Å². The van der Waals surface area contributed by atoms with Crippen molar-refractivity contribution in [3.63, 3.8) is 0 Å². The molecule has 37 heavy (non-hydrogen) atoms. The van der Waals surface area contributed by atoms with Crippen molar-refractivity contribution in [2.45, 2.75) is 5.92 Å². The smallest absolute Gasteiger partial charge is 0.265 e. The fourth-order valence-electron chi connectivity index (χ4n) is 4.31. The minimum absolute atomic E-state index is 0.0518. The molecule has 4 aromatic rings. The molecule has 4 aromatic carbocycles. The van der Waals surface area contributed by atoms with Gasteiger partial charge in [-0.2, -0.15) is 0 Å². The number of hydrogen-bond donors (Lipinski definition) is 1. The van der Waals surface area contributed by atoms with Gasteiger partial charge in [-0.3, -0.25) is 9.59 Å². The lowest BCUT2D eigenvalue weighted by Gasteiger charge is -2.30. The summed E-state index contributed by atoms with van der Waals surface area (Å²) in [6.45, 7) is 0.559. The average Bonchev–Trinajstić information content (AvgIpc) is 2.92. The van der Waals surface area contributed by atoms with Gasteiger partial charge in [-0.25, -0.2) is 0 Å². The van der Waals surface area contributed by atoms with E-state index in [0.717, 1.165) is 11.1 Å². The summed E-state index contributed by atoms with van der Waals surface area (Å²) < 4.78 is 11.4. The Morgan fingerprint density at radius 2 is 1.57 bits per heavy atom. The molecule has 0 spiro atoms. The molecule has 0 saturated heterocycles. The normalized spacial score (nSPS) is 12.6. The zero-order valence-corrected chi connectivity index (χ0v) is 20.7. The van der Waals surface area contributed by atoms with Crippen LogP contribution in [0.25, 0.3) is 0 Å². The van der Waals surface area contributed by atoms with Gasteiger partial charge in [0.2, 0.25) is 5.91 Å². The highest BCUT2D eigenvalue weighted by molar-refractivity contribution is 6.30. The van der Waals surface area contributed by atoms with Crippen molar-refractivity contribution >= 4 is 34.8 Å². The summed E-state index contributed by atoms with van der Waals surface area (Å²) in [5.74, 6) is 0.409. The van der Waals surface area contributed by atoms with Crippen LogP contribution in [0.4, 0.5) is 11.4 Å². The first-order valence-corrected chi connectivity index (χ1v) is 12.3. The number of fused-ring (bicyclic) bond motifs is 1. The number of carbonyl (C=O) groups excluding carboxylic acids is 2. The van der Waals surface area contributed by atoms with E-state index < -0.39 is 5.92 Å². The molecular formula is C30H25ClN2O4. The topological polar surface area (TPSA) is 67.9 Å². The predicted octanol–water partition coefficient (Wildman–Crippen LogP) is 5.92. The summed E-state index contributed by atoms with van der Waals surface area (Å²) in [6.07, 6.45) is 0. The minimum Gasteiger partial charge on any atom is -0.492 e. The Morgan fingerprint density at radius 1 is 0.919 bits per heavy atom. The van der Waals surface area contributed by atoms with Gasteiger partial charge < -0.3 is 19.7 Å². The summed E-state index contributed by atoms with van der Waals surface area (Å²) in [4.78, 5) is 27.8. The van der Waals surface area contributed by atoms with Gasteiger partial charge in [0.25, 0.3) is 5.91 Å². The van der Waals surface area contributed by atoms with Crippen LogP contribution in [-0.4, -0.2) is 31.6 Å². The van der Waals surface area contributed by atoms with Crippen LogP contribution in [0.15, 0.2) is 103 Å². The van der Waals surface area contributed by atoms with Crippen molar-refractivity contribution in [2.75, 3.05) is 30.0 Å².